The van der Waals surface area contributed by atoms with E-state index in [-0.39, 0.29) is 0 Å². The predicted octanol–water partition coefficient (Wildman–Crippen LogP) is 3.67. The topological polar surface area (TPSA) is 60.3 Å². The SMILES string of the molecule is COc1ccc(C)cc1NC(=O)C(=O)c1cccn1Cc1ccccc1. The molecule has 2 aromatic carbocycles. The average Bonchev–Trinajstić information content (AvgIpc) is 3.10. The normalized spacial score (nSPS) is 10.4. The second-order valence-electron chi connectivity index (χ2n) is 5.99. The van der Waals surface area contributed by atoms with Crippen molar-refractivity contribution in [2.45, 2.75) is 13.5 Å². The molecule has 1 amide bonds. The summed E-state index contributed by atoms with van der Waals surface area (Å²) in [4.78, 5) is 25.1. The lowest BCUT2D eigenvalue weighted by Gasteiger charge is -2.12. The molecule has 0 spiro atoms. The number of hydrogen-bond donors (Lipinski definition) is 1. The molecule has 0 aliphatic heterocycles. The highest BCUT2D eigenvalue weighted by atomic mass is 16.5. The molecule has 5 nitrogen and oxygen atoms in total. The van der Waals surface area contributed by atoms with Crippen LogP contribution in [0.25, 0.3) is 0 Å². The number of amides is 1. The first-order chi connectivity index (χ1) is 12.6. The van der Waals surface area contributed by atoms with E-state index in [0.717, 1.165) is 11.1 Å². The third-order valence-corrected chi connectivity index (χ3v) is 4.07. The van der Waals surface area contributed by atoms with E-state index in [4.69, 9.17) is 4.74 Å². The van der Waals surface area contributed by atoms with Crippen LogP contribution in [0.2, 0.25) is 0 Å². The number of benzene rings is 2. The number of carbonyl (C=O) groups is 2. The lowest BCUT2D eigenvalue weighted by molar-refractivity contribution is -0.112. The van der Waals surface area contributed by atoms with Gasteiger partial charge in [-0.1, -0.05) is 36.4 Å². The summed E-state index contributed by atoms with van der Waals surface area (Å²) in [6.07, 6.45) is 1.79. The molecule has 0 fully saturated rings. The van der Waals surface area contributed by atoms with Crippen molar-refractivity contribution >= 4 is 17.4 Å². The Morgan fingerprint density at radius 2 is 1.81 bits per heavy atom. The molecule has 0 aliphatic carbocycles. The molecule has 0 unspecified atom stereocenters. The minimum atomic E-state index is -0.693. The van der Waals surface area contributed by atoms with E-state index < -0.39 is 11.7 Å². The van der Waals surface area contributed by atoms with Crippen LogP contribution in [-0.2, 0) is 11.3 Å². The number of aryl methyl sites for hydroxylation is 1. The van der Waals surface area contributed by atoms with Crippen LogP contribution in [0.4, 0.5) is 5.69 Å². The summed E-state index contributed by atoms with van der Waals surface area (Å²) in [6, 6.07) is 18.6. The number of ether oxygens (including phenoxy) is 1. The lowest BCUT2D eigenvalue weighted by Crippen LogP contribution is -2.25. The van der Waals surface area contributed by atoms with Crippen molar-refractivity contribution in [1.82, 2.24) is 4.57 Å². The van der Waals surface area contributed by atoms with E-state index in [1.807, 2.05) is 43.3 Å². The molecule has 1 N–H and O–H groups in total. The van der Waals surface area contributed by atoms with Crippen molar-refractivity contribution in [2.75, 3.05) is 12.4 Å². The Bertz CT molecular complexity index is 929. The molecule has 1 aromatic heterocycles. The second kappa shape index (κ2) is 7.70. The molecule has 3 rings (SSSR count). The first kappa shape index (κ1) is 17.5. The number of aromatic nitrogens is 1. The molecule has 0 atom stereocenters. The minimum absolute atomic E-state index is 0.345. The van der Waals surface area contributed by atoms with E-state index in [0.29, 0.717) is 23.7 Å². The third kappa shape index (κ3) is 3.83. The Hall–Kier alpha value is -3.34. The highest BCUT2D eigenvalue weighted by Crippen LogP contribution is 2.25. The first-order valence-corrected chi connectivity index (χ1v) is 8.28. The summed E-state index contributed by atoms with van der Waals surface area (Å²) >= 11 is 0. The molecule has 26 heavy (non-hydrogen) atoms. The summed E-state index contributed by atoms with van der Waals surface area (Å²) in [5, 5.41) is 2.65. The summed E-state index contributed by atoms with van der Waals surface area (Å²) in [5.41, 5.74) is 2.84. The van der Waals surface area contributed by atoms with Crippen LogP contribution in [0.5, 0.6) is 5.75 Å². The zero-order chi connectivity index (χ0) is 18.5. The van der Waals surface area contributed by atoms with Gasteiger partial charge >= 0.3 is 0 Å². The van der Waals surface area contributed by atoms with E-state index in [1.54, 1.807) is 35.0 Å². The van der Waals surface area contributed by atoms with Crippen molar-refractivity contribution in [3.8, 4) is 5.75 Å². The highest BCUT2D eigenvalue weighted by Gasteiger charge is 2.21. The molecule has 0 aliphatic rings. The maximum atomic E-state index is 12.6. The van der Waals surface area contributed by atoms with Crippen molar-refractivity contribution in [3.63, 3.8) is 0 Å². The van der Waals surface area contributed by atoms with Crippen LogP contribution in [0.15, 0.2) is 66.9 Å². The van der Waals surface area contributed by atoms with Gasteiger partial charge in [0.2, 0.25) is 0 Å². The van der Waals surface area contributed by atoms with Gasteiger partial charge < -0.3 is 14.6 Å². The summed E-state index contributed by atoms with van der Waals surface area (Å²) in [6.45, 7) is 2.43. The van der Waals surface area contributed by atoms with Gasteiger partial charge in [-0.15, -0.1) is 0 Å². The monoisotopic (exact) mass is 348 g/mol. The Kier molecular flexibility index (Phi) is 5.17. The van der Waals surface area contributed by atoms with E-state index in [2.05, 4.69) is 5.32 Å². The van der Waals surface area contributed by atoms with Gasteiger partial charge in [-0.3, -0.25) is 9.59 Å². The fraction of sp³-hybridized carbons (Fsp3) is 0.143. The summed E-state index contributed by atoms with van der Waals surface area (Å²) in [5.74, 6) is -0.771. The van der Waals surface area contributed by atoms with E-state index in [9.17, 15) is 9.59 Å². The third-order valence-electron chi connectivity index (χ3n) is 4.07. The zero-order valence-electron chi connectivity index (χ0n) is 14.7. The van der Waals surface area contributed by atoms with Gasteiger partial charge in [-0.25, -0.2) is 0 Å². The Morgan fingerprint density at radius 1 is 1.04 bits per heavy atom. The maximum Gasteiger partial charge on any atom is 0.298 e. The fourth-order valence-electron chi connectivity index (χ4n) is 2.75. The number of nitrogens with zero attached hydrogens (tertiary/aromatic N) is 1. The molecular formula is C21H20N2O3. The van der Waals surface area contributed by atoms with Crippen LogP contribution in [-0.4, -0.2) is 23.4 Å². The Morgan fingerprint density at radius 3 is 2.54 bits per heavy atom. The number of anilines is 1. The largest absolute Gasteiger partial charge is 0.495 e. The van der Waals surface area contributed by atoms with Crippen molar-refractivity contribution < 1.29 is 14.3 Å². The molecule has 0 saturated carbocycles. The summed E-state index contributed by atoms with van der Waals surface area (Å²) < 4.78 is 7.01. The molecule has 3 aromatic rings. The molecule has 0 radical (unpaired) electrons. The number of methoxy groups -OCH3 is 1. The van der Waals surface area contributed by atoms with Gasteiger partial charge in [0.15, 0.2) is 0 Å². The number of Topliss-reactive ketones (excluding diaryl/α,β-unsaturated/α-hetero) is 1. The van der Waals surface area contributed by atoms with Crippen LogP contribution < -0.4 is 10.1 Å². The van der Waals surface area contributed by atoms with Crippen LogP contribution in [0.1, 0.15) is 21.6 Å². The fourth-order valence-corrected chi connectivity index (χ4v) is 2.75. The smallest absolute Gasteiger partial charge is 0.298 e. The molecule has 0 bridgehead atoms. The minimum Gasteiger partial charge on any atom is -0.495 e. The van der Waals surface area contributed by atoms with Crippen molar-refractivity contribution in [2.24, 2.45) is 0 Å². The van der Waals surface area contributed by atoms with Gasteiger partial charge in [0, 0.05) is 12.7 Å². The highest BCUT2D eigenvalue weighted by molar-refractivity contribution is 6.46. The van der Waals surface area contributed by atoms with Gasteiger partial charge in [-0.05, 0) is 42.3 Å². The Balaban J connectivity index is 1.79. The van der Waals surface area contributed by atoms with Crippen LogP contribution >= 0.6 is 0 Å². The van der Waals surface area contributed by atoms with Gasteiger partial charge in [0.05, 0.1) is 18.5 Å². The zero-order valence-corrected chi connectivity index (χ0v) is 14.7. The maximum absolute atomic E-state index is 12.6. The Labute approximate surface area is 152 Å². The number of rotatable bonds is 6. The number of nitrogens with one attached hydrogen (secondary N) is 1. The predicted molar refractivity (Wildman–Crippen MR) is 101 cm³/mol. The van der Waals surface area contributed by atoms with Gasteiger partial charge in [0.25, 0.3) is 11.7 Å². The molecule has 132 valence electrons. The van der Waals surface area contributed by atoms with E-state index >= 15 is 0 Å². The molecule has 5 heteroatoms. The molecule has 0 saturated heterocycles. The number of carbonyl (C=O) groups excluding carboxylic acids is 2. The first-order valence-electron chi connectivity index (χ1n) is 8.28. The molecular weight excluding hydrogens is 328 g/mol. The number of ketones is 1. The second-order valence-corrected chi connectivity index (χ2v) is 5.99. The standard InChI is InChI=1S/C21H20N2O3/c1-15-10-11-19(26-2)17(13-15)22-21(25)20(24)18-9-6-12-23(18)14-16-7-4-3-5-8-16/h3-13H,14H2,1-2H3,(H,22,25). The van der Waals surface area contributed by atoms with Gasteiger partial charge in [0.1, 0.15) is 5.75 Å². The lowest BCUT2D eigenvalue weighted by atomic mass is 10.2. The van der Waals surface area contributed by atoms with Gasteiger partial charge in [-0.2, -0.15) is 0 Å². The van der Waals surface area contributed by atoms with Crippen LogP contribution in [0.3, 0.4) is 0 Å². The average molecular weight is 348 g/mol. The number of hydrogen-bond acceptors (Lipinski definition) is 3. The molecule has 1 heterocycles. The van der Waals surface area contributed by atoms with E-state index in [1.165, 1.54) is 7.11 Å². The van der Waals surface area contributed by atoms with Crippen molar-refractivity contribution in [3.05, 3.63) is 83.7 Å². The van der Waals surface area contributed by atoms with Crippen molar-refractivity contribution in [1.29, 1.82) is 0 Å². The quantitative estimate of drug-likeness (QED) is 0.546. The van der Waals surface area contributed by atoms with Crippen LogP contribution in [0, 0.1) is 6.92 Å². The summed E-state index contributed by atoms with van der Waals surface area (Å²) in [7, 11) is 1.52.